The molecule has 0 aliphatic carbocycles. The highest BCUT2D eigenvalue weighted by Gasteiger charge is 2.21. The van der Waals surface area contributed by atoms with Crippen molar-refractivity contribution in [2.24, 2.45) is 0 Å². The standard InChI is InChI=1S/C60H32N2O4/c1-5-13-51-37(9-1)45-27-33(17-23-55(45)63-51)43-31-49(35-19-25-57-47(29-35)39-11-3-7-15-53(39)65-57)61-59-41(43)21-22-42-44(34-18-24-56-46(28-34)38-10-2-6-14-52(38)64-56)32-50(62-60(42)59)36-20-26-58-48(30-36)40-12-4-8-16-54(40)66-58/h1-32H. The highest BCUT2D eigenvalue weighted by Crippen LogP contribution is 2.43. The average Bonchev–Trinajstić information content (AvgIpc) is 4.15. The fourth-order valence-electron chi connectivity index (χ4n) is 10.3. The summed E-state index contributed by atoms with van der Waals surface area (Å²) in [5, 5.41) is 10.5. The van der Waals surface area contributed by atoms with Gasteiger partial charge in [-0.2, -0.15) is 0 Å². The molecule has 0 saturated heterocycles. The number of hydrogen-bond donors (Lipinski definition) is 0. The monoisotopic (exact) mass is 844 g/mol. The van der Waals surface area contributed by atoms with Crippen LogP contribution in [0.3, 0.4) is 0 Å². The van der Waals surface area contributed by atoms with Crippen LogP contribution in [0.25, 0.3) is 154 Å². The summed E-state index contributed by atoms with van der Waals surface area (Å²) in [6.07, 6.45) is 0. The van der Waals surface area contributed by atoms with Gasteiger partial charge in [-0.05, 0) is 119 Å². The molecule has 6 heteroatoms. The van der Waals surface area contributed by atoms with Crippen molar-refractivity contribution in [1.82, 2.24) is 9.97 Å². The molecule has 0 aliphatic rings. The fraction of sp³-hybridized carbons (Fsp3) is 0. The van der Waals surface area contributed by atoms with Crippen LogP contribution < -0.4 is 0 Å². The third-order valence-electron chi connectivity index (χ3n) is 13.5. The van der Waals surface area contributed by atoms with E-state index in [4.69, 9.17) is 27.6 Å². The first-order valence-electron chi connectivity index (χ1n) is 22.1. The van der Waals surface area contributed by atoms with Crippen molar-refractivity contribution in [1.29, 1.82) is 0 Å². The van der Waals surface area contributed by atoms with Gasteiger partial charge in [-0.25, -0.2) is 9.97 Å². The number of nitrogens with zero attached hydrogens (tertiary/aromatic N) is 2. The van der Waals surface area contributed by atoms with Gasteiger partial charge < -0.3 is 17.7 Å². The second-order valence-corrected chi connectivity index (χ2v) is 17.2. The van der Waals surface area contributed by atoms with Crippen molar-refractivity contribution in [3.8, 4) is 44.8 Å². The SMILES string of the molecule is c1ccc2c(c1)oc1ccc(-c3cc(-c4ccc5oc6ccccc6c5c4)c4ccc5c(-c6ccc7oc8ccccc8c7c6)cc(-c6ccc7oc8ccccc8c7c6)nc5c4n3)cc12. The Morgan fingerprint density at radius 2 is 0.515 bits per heavy atom. The molecule has 0 atom stereocenters. The Hall–Kier alpha value is -9.00. The zero-order valence-electron chi connectivity index (χ0n) is 35.0. The number of benzene rings is 9. The first-order chi connectivity index (χ1) is 32.6. The van der Waals surface area contributed by atoms with Gasteiger partial charge in [-0.3, -0.25) is 0 Å². The van der Waals surface area contributed by atoms with Crippen molar-refractivity contribution in [3.63, 3.8) is 0 Å². The van der Waals surface area contributed by atoms with Gasteiger partial charge in [0.05, 0.1) is 22.4 Å². The first-order valence-corrected chi connectivity index (χ1v) is 22.1. The van der Waals surface area contributed by atoms with Gasteiger partial charge in [0.1, 0.15) is 44.7 Å². The van der Waals surface area contributed by atoms with E-state index in [0.717, 1.165) is 154 Å². The van der Waals surface area contributed by atoms with Crippen molar-refractivity contribution < 1.29 is 17.7 Å². The van der Waals surface area contributed by atoms with E-state index in [1.54, 1.807) is 0 Å². The molecule has 0 N–H and O–H groups in total. The van der Waals surface area contributed by atoms with Crippen LogP contribution in [-0.4, -0.2) is 9.97 Å². The van der Waals surface area contributed by atoms with Crippen molar-refractivity contribution >= 4 is 110 Å². The fourth-order valence-corrected chi connectivity index (χ4v) is 10.3. The summed E-state index contributed by atoms with van der Waals surface area (Å²) in [4.78, 5) is 11.3. The van der Waals surface area contributed by atoms with Crippen molar-refractivity contribution in [2.45, 2.75) is 0 Å². The van der Waals surface area contributed by atoms with Crippen molar-refractivity contribution in [3.05, 3.63) is 194 Å². The molecule has 15 rings (SSSR count). The predicted molar refractivity (Wildman–Crippen MR) is 268 cm³/mol. The third kappa shape index (κ3) is 5.18. The summed E-state index contributed by atoms with van der Waals surface area (Å²) in [5.74, 6) is 0. The molecule has 0 fully saturated rings. The van der Waals surface area contributed by atoms with Gasteiger partial charge in [0.2, 0.25) is 0 Å². The Bertz CT molecular complexity index is 4260. The van der Waals surface area contributed by atoms with E-state index in [0.29, 0.717) is 0 Å². The van der Waals surface area contributed by atoms with Gasteiger partial charge in [-0.1, -0.05) is 97.1 Å². The lowest BCUT2D eigenvalue weighted by Crippen LogP contribution is -1.96. The predicted octanol–water partition coefficient (Wildman–Crippen LogP) is 17.0. The maximum Gasteiger partial charge on any atom is 0.135 e. The summed E-state index contributed by atoms with van der Waals surface area (Å²) in [7, 11) is 0. The quantitative estimate of drug-likeness (QED) is 0.164. The number of para-hydroxylation sites is 4. The second-order valence-electron chi connectivity index (χ2n) is 17.2. The molecule has 306 valence electrons. The highest BCUT2D eigenvalue weighted by atomic mass is 16.3. The Morgan fingerprint density at radius 3 is 0.864 bits per heavy atom. The number of hydrogen-bond acceptors (Lipinski definition) is 6. The van der Waals surface area contributed by atoms with E-state index in [1.807, 2.05) is 48.5 Å². The minimum atomic E-state index is 0.807. The summed E-state index contributed by atoms with van der Waals surface area (Å²) >= 11 is 0. The van der Waals surface area contributed by atoms with Crippen LogP contribution in [0, 0.1) is 0 Å². The number of aromatic nitrogens is 2. The molecular weight excluding hydrogens is 813 g/mol. The average molecular weight is 845 g/mol. The Kier molecular flexibility index (Phi) is 7.13. The molecule has 6 nitrogen and oxygen atoms in total. The molecule has 0 unspecified atom stereocenters. The van der Waals surface area contributed by atoms with E-state index >= 15 is 0 Å². The summed E-state index contributed by atoms with van der Waals surface area (Å²) in [5.41, 5.74) is 16.3. The number of furan rings is 4. The largest absolute Gasteiger partial charge is 0.456 e. The van der Waals surface area contributed by atoms with E-state index in [9.17, 15) is 0 Å². The number of pyridine rings is 2. The van der Waals surface area contributed by atoms with Gasteiger partial charge in [0.25, 0.3) is 0 Å². The Labute approximate surface area is 374 Å². The lowest BCUT2D eigenvalue weighted by molar-refractivity contribution is 0.668. The van der Waals surface area contributed by atoms with Gasteiger partial charge in [0, 0.05) is 65.0 Å². The summed E-state index contributed by atoms with van der Waals surface area (Å²) in [6.45, 7) is 0. The maximum atomic E-state index is 6.31. The molecule has 6 aromatic heterocycles. The summed E-state index contributed by atoms with van der Waals surface area (Å²) in [6, 6.07) is 67.5. The lowest BCUT2D eigenvalue weighted by atomic mass is 9.92. The van der Waals surface area contributed by atoms with Crippen molar-refractivity contribution in [2.75, 3.05) is 0 Å². The number of fused-ring (bicyclic) bond motifs is 15. The minimum Gasteiger partial charge on any atom is -0.456 e. The van der Waals surface area contributed by atoms with Crippen LogP contribution in [0.1, 0.15) is 0 Å². The molecule has 0 spiro atoms. The normalized spacial score (nSPS) is 12.2. The Balaban J connectivity index is 1.04. The number of rotatable bonds is 4. The first kappa shape index (κ1) is 35.5. The molecule has 9 aromatic carbocycles. The zero-order valence-corrected chi connectivity index (χ0v) is 35.0. The van der Waals surface area contributed by atoms with Crippen LogP contribution in [0.5, 0.6) is 0 Å². The van der Waals surface area contributed by atoms with Crippen LogP contribution >= 0.6 is 0 Å². The minimum absolute atomic E-state index is 0.807. The molecule has 0 aliphatic heterocycles. The molecule has 6 heterocycles. The highest BCUT2D eigenvalue weighted by molar-refractivity contribution is 6.16. The van der Waals surface area contributed by atoms with Gasteiger partial charge in [-0.15, -0.1) is 0 Å². The molecule has 0 bridgehead atoms. The van der Waals surface area contributed by atoms with Crippen LogP contribution in [-0.2, 0) is 0 Å². The van der Waals surface area contributed by atoms with Gasteiger partial charge in [0.15, 0.2) is 0 Å². The van der Waals surface area contributed by atoms with Crippen LogP contribution in [0.4, 0.5) is 0 Å². The topological polar surface area (TPSA) is 78.3 Å². The van der Waals surface area contributed by atoms with E-state index in [-0.39, 0.29) is 0 Å². The van der Waals surface area contributed by atoms with Crippen LogP contribution in [0.15, 0.2) is 212 Å². The van der Waals surface area contributed by atoms with E-state index in [1.165, 1.54) is 0 Å². The van der Waals surface area contributed by atoms with E-state index in [2.05, 4.69) is 146 Å². The molecular formula is C60H32N2O4. The maximum absolute atomic E-state index is 6.31. The third-order valence-corrected chi connectivity index (χ3v) is 13.5. The summed E-state index contributed by atoms with van der Waals surface area (Å²) < 4.78 is 25.2. The second kappa shape index (κ2) is 13.3. The molecule has 0 radical (unpaired) electrons. The lowest BCUT2D eigenvalue weighted by Gasteiger charge is -2.16. The molecule has 66 heavy (non-hydrogen) atoms. The molecule has 0 amide bonds. The van der Waals surface area contributed by atoms with Crippen LogP contribution in [0.2, 0.25) is 0 Å². The molecule has 15 aromatic rings. The Morgan fingerprint density at radius 1 is 0.227 bits per heavy atom. The van der Waals surface area contributed by atoms with E-state index < -0.39 is 0 Å². The zero-order chi connectivity index (χ0) is 43.0. The van der Waals surface area contributed by atoms with Gasteiger partial charge >= 0.3 is 0 Å². The smallest absolute Gasteiger partial charge is 0.135 e. The molecule has 0 saturated carbocycles.